The third-order valence-electron chi connectivity index (χ3n) is 5.18. The van der Waals surface area contributed by atoms with Crippen LogP contribution in [-0.2, 0) is 4.74 Å². The van der Waals surface area contributed by atoms with Crippen molar-refractivity contribution >= 4 is 5.91 Å². The molecule has 1 aliphatic carbocycles. The quantitative estimate of drug-likeness (QED) is 0.805. The van der Waals surface area contributed by atoms with Crippen molar-refractivity contribution in [2.24, 2.45) is 0 Å². The van der Waals surface area contributed by atoms with Crippen molar-refractivity contribution in [3.05, 3.63) is 47.3 Å². The molecule has 27 heavy (non-hydrogen) atoms. The number of morpholine rings is 1. The lowest BCUT2D eigenvalue weighted by Gasteiger charge is -2.34. The normalized spacial score (nSPS) is 18.9. The van der Waals surface area contributed by atoms with Gasteiger partial charge in [-0.05, 0) is 30.5 Å². The van der Waals surface area contributed by atoms with Gasteiger partial charge in [0.1, 0.15) is 11.5 Å². The molecule has 0 bridgehead atoms. The molecule has 7 nitrogen and oxygen atoms in total. The molecule has 1 saturated heterocycles. The number of nitrogens with zero attached hydrogens (tertiary/aromatic N) is 2. The van der Waals surface area contributed by atoms with Gasteiger partial charge < -0.3 is 19.3 Å². The fraction of sp³-hybridized carbons (Fsp3) is 0.500. The van der Waals surface area contributed by atoms with E-state index in [2.05, 4.69) is 15.4 Å². The Kier molecular flexibility index (Phi) is 5.40. The Labute approximate surface area is 158 Å². The zero-order valence-electron chi connectivity index (χ0n) is 15.5. The predicted octanol–water partition coefficient (Wildman–Crippen LogP) is 2.36. The van der Waals surface area contributed by atoms with E-state index in [0.717, 1.165) is 43.0 Å². The van der Waals surface area contributed by atoms with Gasteiger partial charge in [0, 0.05) is 31.6 Å². The van der Waals surface area contributed by atoms with Crippen LogP contribution < -0.4 is 10.1 Å². The Morgan fingerprint density at radius 1 is 1.30 bits per heavy atom. The van der Waals surface area contributed by atoms with Crippen molar-refractivity contribution in [1.29, 1.82) is 0 Å². The zero-order chi connectivity index (χ0) is 18.6. The number of benzene rings is 1. The van der Waals surface area contributed by atoms with Gasteiger partial charge in [-0.2, -0.15) is 0 Å². The summed E-state index contributed by atoms with van der Waals surface area (Å²) in [7, 11) is 1.66. The molecule has 1 N–H and O–H groups in total. The number of ether oxygens (including phenoxy) is 2. The molecule has 1 aromatic heterocycles. The molecular formula is C20H25N3O4. The molecule has 0 unspecified atom stereocenters. The van der Waals surface area contributed by atoms with Gasteiger partial charge in [-0.1, -0.05) is 17.3 Å². The average molecular weight is 371 g/mol. The van der Waals surface area contributed by atoms with Gasteiger partial charge >= 0.3 is 0 Å². The molecule has 7 heteroatoms. The molecule has 144 valence electrons. The number of hydrogen-bond acceptors (Lipinski definition) is 6. The fourth-order valence-electron chi connectivity index (χ4n) is 3.41. The first-order valence-corrected chi connectivity index (χ1v) is 9.45. The monoisotopic (exact) mass is 371 g/mol. The van der Waals surface area contributed by atoms with Crippen LogP contribution in [0.3, 0.4) is 0 Å². The first-order valence-electron chi connectivity index (χ1n) is 9.45. The van der Waals surface area contributed by atoms with E-state index in [0.29, 0.717) is 31.4 Å². The number of carbonyl (C=O) groups is 1. The van der Waals surface area contributed by atoms with Gasteiger partial charge in [0.05, 0.1) is 26.4 Å². The molecule has 1 aromatic carbocycles. The van der Waals surface area contributed by atoms with Crippen molar-refractivity contribution in [3.63, 3.8) is 0 Å². The Hall–Kier alpha value is -2.38. The van der Waals surface area contributed by atoms with Gasteiger partial charge in [0.2, 0.25) is 0 Å². The summed E-state index contributed by atoms with van der Waals surface area (Å²) < 4.78 is 16.0. The standard InChI is InChI=1S/C20H25N3O4/c1-25-16-6-4-14(5-7-16)18(23-8-10-26-11-9-23)13-21-20(24)17-12-19(27-22-17)15-2-3-15/h4-7,12,15,18H,2-3,8-11,13H2,1H3,(H,21,24)/t18-/m1/s1. The van der Waals surface area contributed by atoms with Gasteiger partial charge in [-0.25, -0.2) is 0 Å². The maximum absolute atomic E-state index is 12.5. The number of carbonyl (C=O) groups excluding carboxylic acids is 1. The maximum Gasteiger partial charge on any atom is 0.273 e. The van der Waals surface area contributed by atoms with Crippen LogP contribution in [0.5, 0.6) is 5.75 Å². The third kappa shape index (κ3) is 4.31. The van der Waals surface area contributed by atoms with Crippen LogP contribution in [0.4, 0.5) is 0 Å². The van der Waals surface area contributed by atoms with E-state index in [1.54, 1.807) is 13.2 Å². The number of aromatic nitrogens is 1. The van der Waals surface area contributed by atoms with Crippen LogP contribution in [0.2, 0.25) is 0 Å². The summed E-state index contributed by atoms with van der Waals surface area (Å²) in [6.07, 6.45) is 2.24. The van der Waals surface area contributed by atoms with Crippen LogP contribution in [0.1, 0.15) is 46.6 Å². The van der Waals surface area contributed by atoms with Crippen molar-refractivity contribution < 1.29 is 18.8 Å². The van der Waals surface area contributed by atoms with E-state index < -0.39 is 0 Å². The van der Waals surface area contributed by atoms with Crippen molar-refractivity contribution in [2.75, 3.05) is 40.0 Å². The third-order valence-corrected chi connectivity index (χ3v) is 5.18. The fourth-order valence-corrected chi connectivity index (χ4v) is 3.41. The summed E-state index contributed by atoms with van der Waals surface area (Å²) in [6, 6.07) is 9.83. The largest absolute Gasteiger partial charge is 0.497 e. The summed E-state index contributed by atoms with van der Waals surface area (Å²) in [4.78, 5) is 14.9. The lowest BCUT2D eigenvalue weighted by Crippen LogP contribution is -2.43. The molecule has 1 amide bonds. The van der Waals surface area contributed by atoms with E-state index >= 15 is 0 Å². The molecule has 2 aliphatic rings. The SMILES string of the molecule is COc1ccc([C@@H](CNC(=O)c2cc(C3CC3)on2)N2CCOCC2)cc1. The van der Waals surface area contributed by atoms with E-state index in [-0.39, 0.29) is 11.9 Å². The van der Waals surface area contributed by atoms with Crippen molar-refractivity contribution in [3.8, 4) is 5.75 Å². The van der Waals surface area contributed by atoms with Gasteiger partial charge in [0.15, 0.2) is 5.69 Å². The lowest BCUT2D eigenvalue weighted by molar-refractivity contribution is 0.0162. The summed E-state index contributed by atoms with van der Waals surface area (Å²) in [5, 5.41) is 6.95. The Bertz CT molecular complexity index is 764. The van der Waals surface area contributed by atoms with E-state index in [4.69, 9.17) is 14.0 Å². The first kappa shape index (κ1) is 18.0. The number of rotatable bonds is 7. The summed E-state index contributed by atoms with van der Waals surface area (Å²) >= 11 is 0. The average Bonchev–Trinajstić information content (AvgIpc) is 3.46. The molecule has 4 rings (SSSR count). The van der Waals surface area contributed by atoms with E-state index in [1.165, 1.54) is 0 Å². The lowest BCUT2D eigenvalue weighted by atomic mass is 10.0. The molecule has 1 saturated carbocycles. The Morgan fingerprint density at radius 2 is 2.04 bits per heavy atom. The number of hydrogen-bond donors (Lipinski definition) is 1. The van der Waals surface area contributed by atoms with E-state index in [9.17, 15) is 4.79 Å². The highest BCUT2D eigenvalue weighted by Gasteiger charge is 2.29. The molecule has 2 heterocycles. The number of nitrogens with one attached hydrogen (secondary N) is 1. The van der Waals surface area contributed by atoms with Crippen LogP contribution in [0.25, 0.3) is 0 Å². The smallest absolute Gasteiger partial charge is 0.273 e. The minimum absolute atomic E-state index is 0.0681. The zero-order valence-corrected chi connectivity index (χ0v) is 15.5. The summed E-state index contributed by atoms with van der Waals surface area (Å²) in [5.74, 6) is 1.88. The molecule has 2 aromatic rings. The van der Waals surface area contributed by atoms with Crippen molar-refractivity contribution in [2.45, 2.75) is 24.8 Å². The van der Waals surface area contributed by atoms with Crippen LogP contribution in [-0.4, -0.2) is 55.9 Å². The second kappa shape index (κ2) is 8.10. The maximum atomic E-state index is 12.5. The highest BCUT2D eigenvalue weighted by molar-refractivity contribution is 5.92. The molecule has 0 radical (unpaired) electrons. The van der Waals surface area contributed by atoms with Gasteiger partial charge in [-0.3, -0.25) is 9.69 Å². The topological polar surface area (TPSA) is 76.8 Å². The van der Waals surface area contributed by atoms with Crippen molar-refractivity contribution in [1.82, 2.24) is 15.4 Å². The number of amides is 1. The molecule has 1 atom stereocenters. The minimum atomic E-state index is -0.197. The molecule has 1 aliphatic heterocycles. The molecular weight excluding hydrogens is 346 g/mol. The van der Waals surface area contributed by atoms with Crippen LogP contribution >= 0.6 is 0 Å². The van der Waals surface area contributed by atoms with E-state index in [1.807, 2.05) is 24.3 Å². The molecule has 2 fully saturated rings. The van der Waals surface area contributed by atoms with Crippen LogP contribution in [0, 0.1) is 0 Å². The molecule has 0 spiro atoms. The highest BCUT2D eigenvalue weighted by Crippen LogP contribution is 2.40. The van der Waals surface area contributed by atoms with Gasteiger partial charge in [-0.15, -0.1) is 0 Å². The Morgan fingerprint density at radius 3 is 2.70 bits per heavy atom. The first-order chi connectivity index (χ1) is 13.2. The van der Waals surface area contributed by atoms with Gasteiger partial charge in [0.25, 0.3) is 5.91 Å². The van der Waals surface area contributed by atoms with Crippen LogP contribution in [0.15, 0.2) is 34.9 Å². The predicted molar refractivity (Wildman–Crippen MR) is 98.9 cm³/mol. The number of methoxy groups -OCH3 is 1. The summed E-state index contributed by atoms with van der Waals surface area (Å²) in [6.45, 7) is 3.57. The summed E-state index contributed by atoms with van der Waals surface area (Å²) in [5.41, 5.74) is 1.49. The Balaban J connectivity index is 1.44. The minimum Gasteiger partial charge on any atom is -0.497 e. The second-order valence-electron chi connectivity index (χ2n) is 7.04. The second-order valence-corrected chi connectivity index (χ2v) is 7.04. The highest BCUT2D eigenvalue weighted by atomic mass is 16.5.